The fraction of sp³-hybridized carbons (Fsp3) is 0.350. The molecule has 25 heavy (non-hydrogen) atoms. The van der Waals surface area contributed by atoms with E-state index in [0.717, 1.165) is 34.9 Å². The number of carbonyl (C=O) groups excluding carboxylic acids is 1. The van der Waals surface area contributed by atoms with Crippen molar-refractivity contribution in [2.24, 2.45) is 0 Å². The van der Waals surface area contributed by atoms with E-state index >= 15 is 0 Å². The standard InChI is InChI=1S/C20H25NO3S/c1-4-16-7-5-6-15(2)20(16)21-19(22)14-25-13-12-24-18-10-8-17(23-3)9-11-18/h5-11H,4,12-14H2,1-3H3,(H,21,22). The summed E-state index contributed by atoms with van der Waals surface area (Å²) in [7, 11) is 1.64. The second-order valence-corrected chi connectivity index (χ2v) is 6.69. The van der Waals surface area contributed by atoms with E-state index in [4.69, 9.17) is 9.47 Å². The molecule has 0 heterocycles. The van der Waals surface area contributed by atoms with Gasteiger partial charge in [0.2, 0.25) is 5.91 Å². The number of amides is 1. The smallest absolute Gasteiger partial charge is 0.234 e. The molecule has 1 N–H and O–H groups in total. The number of anilines is 1. The van der Waals surface area contributed by atoms with Gasteiger partial charge in [0.25, 0.3) is 0 Å². The molecule has 0 aliphatic heterocycles. The summed E-state index contributed by atoms with van der Waals surface area (Å²) in [5, 5.41) is 3.04. The van der Waals surface area contributed by atoms with E-state index in [2.05, 4.69) is 18.3 Å². The molecule has 0 fully saturated rings. The molecule has 0 atom stereocenters. The Morgan fingerprint density at radius 2 is 1.84 bits per heavy atom. The molecule has 1 amide bonds. The molecule has 0 saturated carbocycles. The van der Waals surface area contributed by atoms with Crippen LogP contribution in [-0.4, -0.2) is 31.1 Å². The van der Waals surface area contributed by atoms with Crippen molar-refractivity contribution in [3.8, 4) is 11.5 Å². The summed E-state index contributed by atoms with van der Waals surface area (Å²) in [4.78, 5) is 12.1. The normalized spacial score (nSPS) is 10.4. The van der Waals surface area contributed by atoms with Crippen LogP contribution >= 0.6 is 11.8 Å². The Morgan fingerprint density at radius 3 is 2.52 bits per heavy atom. The van der Waals surface area contributed by atoms with Crippen LogP contribution in [0.1, 0.15) is 18.1 Å². The lowest BCUT2D eigenvalue weighted by Gasteiger charge is -2.13. The van der Waals surface area contributed by atoms with E-state index in [9.17, 15) is 4.79 Å². The predicted octanol–water partition coefficient (Wildman–Crippen LogP) is 4.32. The maximum absolute atomic E-state index is 12.1. The SMILES string of the molecule is CCc1cccc(C)c1NC(=O)CSCCOc1ccc(OC)cc1. The number of benzene rings is 2. The van der Waals surface area contributed by atoms with Gasteiger partial charge in [-0.2, -0.15) is 0 Å². The highest BCUT2D eigenvalue weighted by Gasteiger charge is 2.08. The molecule has 0 spiro atoms. The molecule has 0 bridgehead atoms. The van der Waals surface area contributed by atoms with Crippen LogP contribution in [0.4, 0.5) is 5.69 Å². The number of thioether (sulfide) groups is 1. The van der Waals surface area contributed by atoms with Crippen LogP contribution in [0.3, 0.4) is 0 Å². The van der Waals surface area contributed by atoms with Crippen molar-refractivity contribution in [2.75, 3.05) is 30.5 Å². The quantitative estimate of drug-likeness (QED) is 0.678. The third-order valence-corrected chi connectivity index (χ3v) is 4.72. The van der Waals surface area contributed by atoms with Crippen molar-refractivity contribution in [1.82, 2.24) is 0 Å². The summed E-state index contributed by atoms with van der Waals surface area (Å²) < 4.78 is 10.8. The van der Waals surface area contributed by atoms with Crippen molar-refractivity contribution in [3.63, 3.8) is 0 Å². The van der Waals surface area contributed by atoms with E-state index in [1.165, 1.54) is 5.56 Å². The largest absolute Gasteiger partial charge is 0.497 e. The first-order chi connectivity index (χ1) is 12.1. The minimum Gasteiger partial charge on any atom is -0.497 e. The summed E-state index contributed by atoms with van der Waals surface area (Å²) in [5.74, 6) is 2.81. The zero-order valence-corrected chi connectivity index (χ0v) is 15.8. The molecule has 2 aromatic rings. The van der Waals surface area contributed by atoms with Gasteiger partial charge in [0, 0.05) is 11.4 Å². The van der Waals surface area contributed by atoms with Gasteiger partial charge in [-0.25, -0.2) is 0 Å². The second-order valence-electron chi connectivity index (χ2n) is 5.59. The van der Waals surface area contributed by atoms with Gasteiger partial charge in [-0.05, 0) is 48.7 Å². The van der Waals surface area contributed by atoms with Crippen molar-refractivity contribution in [1.29, 1.82) is 0 Å². The van der Waals surface area contributed by atoms with E-state index in [1.807, 2.05) is 43.3 Å². The summed E-state index contributed by atoms with van der Waals surface area (Å²) in [6.45, 7) is 4.68. The average Bonchev–Trinajstić information content (AvgIpc) is 2.63. The summed E-state index contributed by atoms with van der Waals surface area (Å²) in [6, 6.07) is 13.6. The molecule has 0 radical (unpaired) electrons. The number of carbonyl (C=O) groups is 1. The molecule has 5 heteroatoms. The van der Waals surface area contributed by atoms with Crippen molar-refractivity contribution in [3.05, 3.63) is 53.6 Å². The Balaban J connectivity index is 1.70. The first kappa shape index (κ1) is 19.2. The van der Waals surface area contributed by atoms with E-state index in [0.29, 0.717) is 12.4 Å². The molecule has 2 rings (SSSR count). The molecule has 0 aromatic heterocycles. The fourth-order valence-electron chi connectivity index (χ4n) is 2.43. The van der Waals surface area contributed by atoms with Crippen molar-refractivity contribution >= 4 is 23.4 Å². The zero-order chi connectivity index (χ0) is 18.1. The Bertz CT molecular complexity index is 686. The Kier molecular flexibility index (Phi) is 7.67. The summed E-state index contributed by atoms with van der Waals surface area (Å²) >= 11 is 1.57. The maximum atomic E-state index is 12.1. The molecular weight excluding hydrogens is 334 g/mol. The van der Waals surface area contributed by atoms with Crippen LogP contribution in [0, 0.1) is 6.92 Å². The highest BCUT2D eigenvalue weighted by Crippen LogP contribution is 2.21. The first-order valence-corrected chi connectivity index (χ1v) is 9.52. The van der Waals surface area contributed by atoms with Gasteiger partial charge >= 0.3 is 0 Å². The molecule has 0 aliphatic carbocycles. The number of hydrogen-bond acceptors (Lipinski definition) is 4. The van der Waals surface area contributed by atoms with Gasteiger partial charge in [-0.3, -0.25) is 4.79 Å². The van der Waals surface area contributed by atoms with Crippen molar-refractivity contribution < 1.29 is 14.3 Å². The maximum Gasteiger partial charge on any atom is 0.234 e. The lowest BCUT2D eigenvalue weighted by atomic mass is 10.1. The summed E-state index contributed by atoms with van der Waals surface area (Å²) in [5.41, 5.74) is 3.21. The van der Waals surface area contributed by atoms with Crippen LogP contribution < -0.4 is 14.8 Å². The third-order valence-electron chi connectivity index (χ3n) is 3.79. The van der Waals surface area contributed by atoms with Gasteiger partial charge in [0.1, 0.15) is 11.5 Å². The van der Waals surface area contributed by atoms with E-state index in [-0.39, 0.29) is 5.91 Å². The van der Waals surface area contributed by atoms with Gasteiger partial charge in [0.05, 0.1) is 19.5 Å². The minimum atomic E-state index is 0.0263. The molecule has 0 aliphatic rings. The number of aryl methyl sites for hydroxylation is 2. The number of methoxy groups -OCH3 is 1. The summed E-state index contributed by atoms with van der Waals surface area (Å²) in [6.07, 6.45) is 0.903. The van der Waals surface area contributed by atoms with Gasteiger partial charge in [0.15, 0.2) is 0 Å². The number of para-hydroxylation sites is 1. The Labute approximate surface area is 153 Å². The molecule has 4 nitrogen and oxygen atoms in total. The molecule has 0 unspecified atom stereocenters. The lowest BCUT2D eigenvalue weighted by molar-refractivity contribution is -0.113. The van der Waals surface area contributed by atoms with Crippen molar-refractivity contribution in [2.45, 2.75) is 20.3 Å². The van der Waals surface area contributed by atoms with Gasteiger partial charge < -0.3 is 14.8 Å². The second kappa shape index (κ2) is 9.99. The Morgan fingerprint density at radius 1 is 1.12 bits per heavy atom. The molecule has 0 saturated heterocycles. The predicted molar refractivity (Wildman–Crippen MR) is 105 cm³/mol. The highest BCUT2D eigenvalue weighted by molar-refractivity contribution is 7.99. The number of ether oxygens (including phenoxy) is 2. The molecule has 2 aromatic carbocycles. The van der Waals surface area contributed by atoms with Crippen LogP contribution in [0.25, 0.3) is 0 Å². The van der Waals surface area contributed by atoms with Gasteiger partial charge in [-0.1, -0.05) is 25.1 Å². The van der Waals surface area contributed by atoms with E-state index in [1.54, 1.807) is 18.9 Å². The van der Waals surface area contributed by atoms with Gasteiger partial charge in [-0.15, -0.1) is 11.8 Å². The topological polar surface area (TPSA) is 47.6 Å². The number of nitrogens with one attached hydrogen (secondary N) is 1. The van der Waals surface area contributed by atoms with E-state index < -0.39 is 0 Å². The third kappa shape index (κ3) is 6.02. The monoisotopic (exact) mass is 359 g/mol. The van der Waals surface area contributed by atoms with Crippen LogP contribution in [0.2, 0.25) is 0 Å². The minimum absolute atomic E-state index is 0.0263. The van der Waals surface area contributed by atoms with Crippen LogP contribution in [0.15, 0.2) is 42.5 Å². The highest BCUT2D eigenvalue weighted by atomic mass is 32.2. The lowest BCUT2D eigenvalue weighted by Crippen LogP contribution is -2.17. The Hall–Kier alpha value is -2.14. The number of rotatable bonds is 9. The first-order valence-electron chi connectivity index (χ1n) is 8.37. The number of hydrogen-bond donors (Lipinski definition) is 1. The average molecular weight is 359 g/mol. The molecule has 134 valence electrons. The zero-order valence-electron chi connectivity index (χ0n) is 15.0. The van der Waals surface area contributed by atoms with Crippen LogP contribution in [-0.2, 0) is 11.2 Å². The van der Waals surface area contributed by atoms with Crippen LogP contribution in [0.5, 0.6) is 11.5 Å². The fourth-order valence-corrected chi connectivity index (χ4v) is 3.04. The molecular formula is C20H25NO3S.